The molecule has 2 aromatic rings. The number of fused-ring (bicyclic) bond motifs is 1. The Morgan fingerprint density at radius 2 is 2.05 bits per heavy atom. The Morgan fingerprint density at radius 3 is 2.68 bits per heavy atom. The van der Waals surface area contributed by atoms with E-state index in [1.807, 2.05) is 0 Å². The van der Waals surface area contributed by atoms with Gasteiger partial charge in [-0.2, -0.15) is 13.2 Å². The van der Waals surface area contributed by atoms with Crippen LogP contribution in [0.15, 0.2) is 30.5 Å². The molecule has 0 unspecified atom stereocenters. The smallest absolute Gasteiger partial charge is 0.296 e. The number of hydrogen-bond acceptors (Lipinski definition) is 3. The van der Waals surface area contributed by atoms with Crippen LogP contribution in [0, 0.1) is 0 Å². The van der Waals surface area contributed by atoms with Crippen molar-refractivity contribution in [3.63, 3.8) is 0 Å². The molecule has 1 heterocycles. The van der Waals surface area contributed by atoms with Crippen molar-refractivity contribution in [1.29, 1.82) is 0 Å². The number of alkyl halides is 3. The normalized spacial score (nSPS) is 11.6. The first-order valence-corrected chi connectivity index (χ1v) is 6.44. The summed E-state index contributed by atoms with van der Waals surface area (Å²) in [4.78, 5) is 15.5. The minimum atomic E-state index is -4.40. The Kier molecular flexibility index (Phi) is 3.66. The molecule has 19 heavy (non-hydrogen) atoms. The third-order valence-corrected chi connectivity index (χ3v) is 2.86. The molecule has 0 aliphatic heterocycles. The molecule has 1 amide bonds. The van der Waals surface area contributed by atoms with Gasteiger partial charge in [-0.15, -0.1) is 0 Å². The lowest BCUT2D eigenvalue weighted by Crippen LogP contribution is -2.15. The van der Waals surface area contributed by atoms with Gasteiger partial charge in [-0.25, -0.2) is 0 Å². The fourth-order valence-electron chi connectivity index (χ4n) is 1.57. The molecule has 7 heteroatoms. The average Bonchev–Trinajstić information content (AvgIpc) is 2.36. The molecule has 1 N–H and O–H groups in total. The van der Waals surface area contributed by atoms with Gasteiger partial charge in [0.25, 0.3) is 5.91 Å². The zero-order chi connectivity index (χ0) is 14.0. The summed E-state index contributed by atoms with van der Waals surface area (Å²) in [7, 11) is 0. The number of halogens is 3. The van der Waals surface area contributed by atoms with Crippen LogP contribution in [0.1, 0.15) is 15.9 Å². The van der Waals surface area contributed by atoms with Gasteiger partial charge in [-0.1, -0.05) is 18.0 Å². The molecule has 0 saturated heterocycles. The number of nitrogens with one attached hydrogen (secondary N) is 1. The van der Waals surface area contributed by atoms with Crippen LogP contribution in [0.3, 0.4) is 0 Å². The van der Waals surface area contributed by atoms with Crippen molar-refractivity contribution in [2.24, 2.45) is 0 Å². The highest BCUT2D eigenvalue weighted by molar-refractivity contribution is 7.97. The molecule has 0 fully saturated rings. The molecule has 2 rings (SSSR count). The number of pyridine rings is 1. The van der Waals surface area contributed by atoms with Crippen LogP contribution in [-0.2, 0) is 6.18 Å². The molecule has 0 aliphatic rings. The third-order valence-electron chi connectivity index (χ3n) is 2.47. The van der Waals surface area contributed by atoms with Crippen molar-refractivity contribution >= 4 is 28.8 Å². The molecular formula is C12H9F3N2OS. The summed E-state index contributed by atoms with van der Waals surface area (Å²) in [6.07, 6.45) is -1.44. The van der Waals surface area contributed by atoms with E-state index in [1.165, 1.54) is 18.3 Å². The van der Waals surface area contributed by atoms with Gasteiger partial charge in [0.2, 0.25) is 0 Å². The van der Waals surface area contributed by atoms with Gasteiger partial charge in [-0.3, -0.25) is 14.5 Å². The second kappa shape index (κ2) is 5.08. The first kappa shape index (κ1) is 13.7. The van der Waals surface area contributed by atoms with Crippen molar-refractivity contribution in [3.05, 3.63) is 41.6 Å². The Hall–Kier alpha value is -1.76. The van der Waals surface area contributed by atoms with E-state index in [9.17, 15) is 18.0 Å². The number of carbonyl (C=O) groups is 1. The lowest BCUT2D eigenvalue weighted by molar-refractivity contribution is -0.137. The standard InChI is InChI=1S/C12H9F3N2OS/c1-19-17-11(18)8-4-7-2-3-9(12(13,14)15)5-10(7)16-6-8/h2-6H,1H3,(H,17,18). The Balaban J connectivity index is 2.43. The van der Waals surface area contributed by atoms with E-state index in [0.29, 0.717) is 10.9 Å². The summed E-state index contributed by atoms with van der Waals surface area (Å²) in [6, 6.07) is 4.75. The number of hydrogen-bond donors (Lipinski definition) is 1. The van der Waals surface area contributed by atoms with Crippen LogP contribution in [0.5, 0.6) is 0 Å². The molecule has 1 aromatic heterocycles. The van der Waals surface area contributed by atoms with E-state index in [-0.39, 0.29) is 11.4 Å². The van der Waals surface area contributed by atoms with Crippen molar-refractivity contribution in [1.82, 2.24) is 9.71 Å². The van der Waals surface area contributed by atoms with Crippen LogP contribution in [0.25, 0.3) is 10.9 Å². The largest absolute Gasteiger partial charge is 0.416 e. The predicted molar refractivity (Wildman–Crippen MR) is 67.7 cm³/mol. The molecule has 0 bridgehead atoms. The molecule has 0 aliphatic carbocycles. The Bertz CT molecular complexity index is 628. The summed E-state index contributed by atoms with van der Waals surface area (Å²) in [5, 5.41) is 0.488. The van der Waals surface area contributed by atoms with Crippen LogP contribution in [0.4, 0.5) is 13.2 Å². The maximum atomic E-state index is 12.5. The number of nitrogens with zero attached hydrogens (tertiary/aromatic N) is 1. The number of rotatable bonds is 2. The summed E-state index contributed by atoms with van der Waals surface area (Å²) in [5.74, 6) is -0.332. The highest BCUT2D eigenvalue weighted by Gasteiger charge is 2.30. The van der Waals surface area contributed by atoms with Gasteiger partial charge in [0.15, 0.2) is 0 Å². The number of amides is 1. The second-order valence-electron chi connectivity index (χ2n) is 3.76. The van der Waals surface area contributed by atoms with Crippen LogP contribution in [0.2, 0.25) is 0 Å². The van der Waals surface area contributed by atoms with Gasteiger partial charge in [0, 0.05) is 17.8 Å². The van der Waals surface area contributed by atoms with Gasteiger partial charge in [0.1, 0.15) is 0 Å². The van der Waals surface area contributed by atoms with Crippen LogP contribution >= 0.6 is 11.9 Å². The second-order valence-corrected chi connectivity index (χ2v) is 4.38. The fraction of sp³-hybridized carbons (Fsp3) is 0.167. The molecule has 0 atom stereocenters. The van der Waals surface area contributed by atoms with Crippen LogP contribution < -0.4 is 4.72 Å². The van der Waals surface area contributed by atoms with E-state index in [4.69, 9.17) is 0 Å². The minimum absolute atomic E-state index is 0.204. The van der Waals surface area contributed by atoms with E-state index >= 15 is 0 Å². The van der Waals surface area contributed by atoms with Gasteiger partial charge in [-0.05, 0) is 18.2 Å². The summed E-state index contributed by atoms with van der Waals surface area (Å²) < 4.78 is 40.1. The summed E-state index contributed by atoms with van der Waals surface area (Å²) in [6.45, 7) is 0. The summed E-state index contributed by atoms with van der Waals surface area (Å²) in [5.41, 5.74) is -0.244. The van der Waals surface area contributed by atoms with Gasteiger partial charge < -0.3 is 0 Å². The lowest BCUT2D eigenvalue weighted by atomic mass is 10.1. The molecule has 3 nitrogen and oxygen atoms in total. The van der Waals surface area contributed by atoms with E-state index in [1.54, 1.807) is 6.26 Å². The number of aromatic nitrogens is 1. The third kappa shape index (κ3) is 2.98. The van der Waals surface area contributed by atoms with E-state index in [0.717, 1.165) is 24.1 Å². The molecule has 0 spiro atoms. The predicted octanol–water partition coefficient (Wildman–Crippen LogP) is 3.26. The summed E-state index contributed by atoms with van der Waals surface area (Å²) >= 11 is 1.14. The van der Waals surface area contributed by atoms with E-state index in [2.05, 4.69) is 9.71 Å². The number of carbonyl (C=O) groups excluding carboxylic acids is 1. The van der Waals surface area contributed by atoms with Gasteiger partial charge in [0.05, 0.1) is 16.6 Å². The zero-order valence-corrected chi connectivity index (χ0v) is 10.6. The quantitative estimate of drug-likeness (QED) is 0.862. The minimum Gasteiger partial charge on any atom is -0.296 e. The zero-order valence-electron chi connectivity index (χ0n) is 9.78. The molecule has 1 aromatic carbocycles. The van der Waals surface area contributed by atoms with Crippen molar-refractivity contribution < 1.29 is 18.0 Å². The lowest BCUT2D eigenvalue weighted by Gasteiger charge is -2.08. The fourth-order valence-corrected chi connectivity index (χ4v) is 1.88. The Morgan fingerprint density at radius 1 is 1.32 bits per heavy atom. The van der Waals surface area contributed by atoms with Crippen LogP contribution in [-0.4, -0.2) is 17.1 Å². The molecule has 0 saturated carbocycles. The highest BCUT2D eigenvalue weighted by Crippen LogP contribution is 2.31. The maximum absolute atomic E-state index is 12.5. The van der Waals surface area contributed by atoms with E-state index < -0.39 is 11.7 Å². The molecule has 0 radical (unpaired) electrons. The average molecular weight is 286 g/mol. The number of benzene rings is 1. The molecule has 100 valence electrons. The highest BCUT2D eigenvalue weighted by atomic mass is 32.2. The van der Waals surface area contributed by atoms with Crippen molar-refractivity contribution in [3.8, 4) is 0 Å². The first-order valence-electron chi connectivity index (χ1n) is 5.22. The SMILES string of the molecule is CSNC(=O)c1cnc2cc(C(F)(F)F)ccc2c1. The maximum Gasteiger partial charge on any atom is 0.416 e. The van der Waals surface area contributed by atoms with Crippen molar-refractivity contribution in [2.45, 2.75) is 6.18 Å². The Labute approximate surface area is 111 Å². The molecular weight excluding hydrogens is 277 g/mol. The first-order chi connectivity index (χ1) is 8.91. The topological polar surface area (TPSA) is 42.0 Å². The monoisotopic (exact) mass is 286 g/mol. The van der Waals surface area contributed by atoms with Crippen molar-refractivity contribution in [2.75, 3.05) is 6.26 Å². The van der Waals surface area contributed by atoms with Gasteiger partial charge >= 0.3 is 6.18 Å².